The number of ether oxygens (including phenoxy) is 2. The lowest BCUT2D eigenvalue weighted by Crippen LogP contribution is -2.28. The first-order chi connectivity index (χ1) is 20.5. The van der Waals surface area contributed by atoms with E-state index in [2.05, 4.69) is 38.2 Å². The van der Waals surface area contributed by atoms with Crippen LogP contribution in [0.4, 0.5) is 0 Å². The molecule has 0 amide bonds. The average molecular weight is 591 g/mol. The summed E-state index contributed by atoms with van der Waals surface area (Å²) in [6.07, 6.45) is 34.8. The van der Waals surface area contributed by atoms with Crippen molar-refractivity contribution in [1.29, 1.82) is 0 Å². The molecule has 0 saturated carbocycles. The fraction of sp³-hybridized carbons (Fsp3) is 0.722. The van der Waals surface area contributed by atoms with E-state index < -0.39 is 18.2 Å². The highest BCUT2D eigenvalue weighted by Crippen LogP contribution is 2.12. The monoisotopic (exact) mass is 590 g/mol. The molecule has 0 fully saturated rings. The molecule has 0 heterocycles. The van der Waals surface area contributed by atoms with E-state index in [0.717, 1.165) is 38.5 Å². The summed E-state index contributed by atoms with van der Waals surface area (Å²) in [5.41, 5.74) is 0. The number of allylic oxidation sites excluding steroid dienone is 7. The zero-order valence-corrected chi connectivity index (χ0v) is 26.9. The van der Waals surface area contributed by atoms with Crippen molar-refractivity contribution in [2.45, 2.75) is 154 Å². The number of aliphatic hydroxyl groups is 2. The fourth-order valence-electron chi connectivity index (χ4n) is 4.36. The summed E-state index contributed by atoms with van der Waals surface area (Å²) >= 11 is 0. The zero-order valence-electron chi connectivity index (χ0n) is 26.9. The quantitative estimate of drug-likeness (QED) is 0.0391. The Kier molecular flexibility index (Phi) is 30.1. The number of hydrogen-bond donors (Lipinski definition) is 2. The highest BCUT2D eigenvalue weighted by atomic mass is 16.6. The molecule has 242 valence electrons. The number of unbranched alkanes of at least 4 members (excludes halogenated alkanes) is 12. The van der Waals surface area contributed by atoms with Crippen molar-refractivity contribution in [2.24, 2.45) is 0 Å². The molecule has 0 aliphatic heterocycles. The summed E-state index contributed by atoms with van der Waals surface area (Å²) in [5.74, 6) is -0.798. The average Bonchev–Trinajstić information content (AvgIpc) is 2.98. The van der Waals surface area contributed by atoms with E-state index in [-0.39, 0.29) is 25.6 Å². The molecular weight excluding hydrogens is 528 g/mol. The highest BCUT2D eigenvalue weighted by molar-refractivity contribution is 5.70. The molecule has 0 saturated heterocycles. The Labute approximate surface area is 257 Å². The zero-order chi connectivity index (χ0) is 30.9. The third kappa shape index (κ3) is 29.3. The maximum atomic E-state index is 12.1. The number of esters is 2. The molecular formula is C36H62O6. The molecule has 2 N–H and O–H groups in total. The van der Waals surface area contributed by atoms with Gasteiger partial charge in [-0.1, -0.05) is 133 Å². The van der Waals surface area contributed by atoms with Crippen LogP contribution in [0.5, 0.6) is 0 Å². The molecule has 0 unspecified atom stereocenters. The van der Waals surface area contributed by atoms with Gasteiger partial charge in [-0.2, -0.15) is 0 Å². The Morgan fingerprint density at radius 3 is 1.90 bits per heavy atom. The van der Waals surface area contributed by atoms with Crippen molar-refractivity contribution in [3.63, 3.8) is 0 Å². The van der Waals surface area contributed by atoms with Gasteiger partial charge in [0, 0.05) is 12.8 Å². The first kappa shape index (κ1) is 39.8. The molecule has 0 aromatic carbocycles. The van der Waals surface area contributed by atoms with Crippen molar-refractivity contribution in [3.8, 4) is 0 Å². The number of carbonyl (C=O) groups excluding carboxylic acids is 2. The molecule has 42 heavy (non-hydrogen) atoms. The van der Waals surface area contributed by atoms with Crippen molar-refractivity contribution < 1.29 is 29.3 Å². The van der Waals surface area contributed by atoms with E-state index in [1.165, 1.54) is 64.2 Å². The maximum Gasteiger partial charge on any atom is 0.306 e. The van der Waals surface area contributed by atoms with Gasteiger partial charge in [0.05, 0.1) is 12.7 Å². The van der Waals surface area contributed by atoms with Crippen molar-refractivity contribution in [3.05, 3.63) is 48.6 Å². The van der Waals surface area contributed by atoms with E-state index >= 15 is 0 Å². The second-order valence-electron chi connectivity index (χ2n) is 11.1. The van der Waals surface area contributed by atoms with Crippen LogP contribution in [0.3, 0.4) is 0 Å². The Balaban J connectivity index is 3.84. The minimum atomic E-state index is -0.841. The SMILES string of the molecule is CCCCC/C=C\C/C=C\C/C=C\C=C\[C@@H](O)CCCC(=O)OC[C@H](CO)OC(=O)CCCCCCCCCCCC. The van der Waals surface area contributed by atoms with E-state index in [1.54, 1.807) is 6.08 Å². The lowest BCUT2D eigenvalue weighted by atomic mass is 10.1. The van der Waals surface area contributed by atoms with Gasteiger partial charge in [0.2, 0.25) is 0 Å². The van der Waals surface area contributed by atoms with Gasteiger partial charge in [0.25, 0.3) is 0 Å². The van der Waals surface area contributed by atoms with Gasteiger partial charge in [-0.3, -0.25) is 9.59 Å². The lowest BCUT2D eigenvalue weighted by molar-refractivity contribution is -0.161. The Morgan fingerprint density at radius 1 is 0.667 bits per heavy atom. The van der Waals surface area contributed by atoms with Crippen LogP contribution in [0.25, 0.3) is 0 Å². The van der Waals surface area contributed by atoms with Gasteiger partial charge >= 0.3 is 11.9 Å². The summed E-state index contributed by atoms with van der Waals surface area (Å²) in [7, 11) is 0. The first-order valence-corrected chi connectivity index (χ1v) is 16.8. The molecule has 2 atom stereocenters. The lowest BCUT2D eigenvalue weighted by Gasteiger charge is -2.16. The molecule has 0 spiro atoms. The van der Waals surface area contributed by atoms with E-state index in [0.29, 0.717) is 19.3 Å². The molecule has 0 aliphatic rings. The van der Waals surface area contributed by atoms with Crippen molar-refractivity contribution in [2.75, 3.05) is 13.2 Å². The third-order valence-corrected chi connectivity index (χ3v) is 6.98. The van der Waals surface area contributed by atoms with E-state index in [4.69, 9.17) is 9.47 Å². The topological polar surface area (TPSA) is 93.1 Å². The van der Waals surface area contributed by atoms with Crippen LogP contribution in [0.1, 0.15) is 142 Å². The van der Waals surface area contributed by atoms with Gasteiger partial charge < -0.3 is 19.7 Å². The largest absolute Gasteiger partial charge is 0.462 e. The second-order valence-corrected chi connectivity index (χ2v) is 11.1. The summed E-state index contributed by atoms with van der Waals surface area (Å²) in [6.45, 7) is 3.90. The van der Waals surface area contributed by atoms with Gasteiger partial charge in [-0.25, -0.2) is 0 Å². The van der Waals surface area contributed by atoms with Crippen molar-refractivity contribution >= 4 is 11.9 Å². The molecule has 0 bridgehead atoms. The van der Waals surface area contributed by atoms with Crippen LogP contribution in [0, 0.1) is 0 Å². The van der Waals surface area contributed by atoms with Crippen LogP contribution in [-0.4, -0.2) is 47.6 Å². The highest BCUT2D eigenvalue weighted by Gasteiger charge is 2.16. The molecule has 6 nitrogen and oxygen atoms in total. The number of aliphatic hydroxyl groups excluding tert-OH is 2. The van der Waals surface area contributed by atoms with Crippen LogP contribution in [0.2, 0.25) is 0 Å². The number of rotatable bonds is 29. The van der Waals surface area contributed by atoms with Crippen LogP contribution >= 0.6 is 0 Å². The smallest absolute Gasteiger partial charge is 0.306 e. The van der Waals surface area contributed by atoms with Gasteiger partial charge in [-0.15, -0.1) is 0 Å². The number of hydrogen-bond acceptors (Lipinski definition) is 6. The third-order valence-electron chi connectivity index (χ3n) is 6.98. The Bertz CT molecular complexity index is 739. The summed E-state index contributed by atoms with van der Waals surface area (Å²) in [5, 5.41) is 19.6. The summed E-state index contributed by atoms with van der Waals surface area (Å²) in [6, 6.07) is 0. The minimum Gasteiger partial charge on any atom is -0.462 e. The predicted molar refractivity (Wildman–Crippen MR) is 174 cm³/mol. The van der Waals surface area contributed by atoms with Crippen LogP contribution in [-0.2, 0) is 19.1 Å². The normalized spacial score (nSPS) is 13.5. The van der Waals surface area contributed by atoms with Crippen molar-refractivity contribution in [1.82, 2.24) is 0 Å². The molecule has 6 heteroatoms. The van der Waals surface area contributed by atoms with Gasteiger partial charge in [0.15, 0.2) is 6.10 Å². The van der Waals surface area contributed by atoms with E-state index in [9.17, 15) is 19.8 Å². The Morgan fingerprint density at radius 2 is 1.24 bits per heavy atom. The molecule has 0 radical (unpaired) electrons. The molecule has 0 aliphatic carbocycles. The fourth-order valence-corrected chi connectivity index (χ4v) is 4.36. The number of carbonyl (C=O) groups is 2. The van der Waals surface area contributed by atoms with Gasteiger partial charge in [0.1, 0.15) is 6.61 Å². The van der Waals surface area contributed by atoms with Crippen LogP contribution in [0.15, 0.2) is 48.6 Å². The Hall–Kier alpha value is -2.18. The molecule has 0 rings (SSSR count). The first-order valence-electron chi connectivity index (χ1n) is 16.8. The minimum absolute atomic E-state index is 0.156. The second kappa shape index (κ2) is 31.7. The maximum absolute atomic E-state index is 12.1. The molecule has 0 aromatic heterocycles. The van der Waals surface area contributed by atoms with E-state index in [1.807, 2.05) is 18.2 Å². The molecule has 0 aromatic rings. The van der Waals surface area contributed by atoms with Gasteiger partial charge in [-0.05, 0) is 44.9 Å². The summed E-state index contributed by atoms with van der Waals surface area (Å²) < 4.78 is 10.4. The predicted octanol–water partition coefficient (Wildman–Crippen LogP) is 8.86. The summed E-state index contributed by atoms with van der Waals surface area (Å²) in [4.78, 5) is 24.1. The standard InChI is InChI=1S/C36H62O6/c1-3-5-7-9-11-13-15-16-17-18-20-22-24-27-33(38)28-26-30-35(39)41-32-34(31-37)42-36(40)29-25-23-21-19-14-12-10-8-6-4-2/h11,13,16-17,20,22,24,27,33-34,37-38H,3-10,12,14-15,18-19,21,23,25-26,28-32H2,1-2H3/b13-11-,17-16-,22-20-,27-24+/t33-,34+/m1/s1. The van der Waals surface area contributed by atoms with Crippen LogP contribution < -0.4 is 0 Å².